The smallest absolute Gasteiger partial charge is 0.279 e. The summed E-state index contributed by atoms with van der Waals surface area (Å²) < 4.78 is 36.0. The number of anilines is 1. The largest absolute Gasteiger partial charge is 0.497 e. The Labute approximate surface area is 207 Å². The first-order valence-corrected chi connectivity index (χ1v) is 12.9. The van der Waals surface area contributed by atoms with Crippen molar-refractivity contribution in [3.05, 3.63) is 82.2 Å². The number of fused-ring (bicyclic) bond motifs is 1. The molecule has 1 heterocycles. The van der Waals surface area contributed by atoms with Crippen molar-refractivity contribution in [1.82, 2.24) is 4.57 Å². The van der Waals surface area contributed by atoms with Gasteiger partial charge in [0, 0.05) is 11.3 Å². The van der Waals surface area contributed by atoms with Crippen molar-refractivity contribution in [3.8, 4) is 18.1 Å². The Hall–Kier alpha value is -3.87. The lowest BCUT2D eigenvalue weighted by molar-refractivity contribution is 0.0998. The number of carbonyl (C=O) groups is 1. The number of hydrogen-bond acceptors (Lipinski definition) is 5. The molecular weight excluding hydrogens is 482 g/mol. The molecule has 3 aromatic carbocycles. The van der Waals surface area contributed by atoms with E-state index in [0.29, 0.717) is 10.6 Å². The molecule has 178 valence electrons. The van der Waals surface area contributed by atoms with Crippen LogP contribution in [0.2, 0.25) is 0 Å². The highest BCUT2D eigenvalue weighted by molar-refractivity contribution is 7.92. The van der Waals surface area contributed by atoms with E-state index in [2.05, 4.69) is 21.7 Å². The van der Waals surface area contributed by atoms with Gasteiger partial charge in [-0.15, -0.1) is 6.42 Å². The minimum Gasteiger partial charge on any atom is -0.497 e. The zero-order chi connectivity index (χ0) is 25.2. The minimum atomic E-state index is -3.85. The predicted octanol–water partition coefficient (Wildman–Crippen LogP) is 4.50. The zero-order valence-electron chi connectivity index (χ0n) is 19.4. The third kappa shape index (κ3) is 5.14. The van der Waals surface area contributed by atoms with Gasteiger partial charge in [0.25, 0.3) is 15.9 Å². The van der Waals surface area contributed by atoms with Crippen LogP contribution in [0.5, 0.6) is 5.75 Å². The Bertz CT molecular complexity index is 1640. The molecule has 4 aromatic rings. The molecule has 0 unspecified atom stereocenters. The van der Waals surface area contributed by atoms with Crippen LogP contribution in [-0.4, -0.2) is 26.0 Å². The second kappa shape index (κ2) is 9.78. The van der Waals surface area contributed by atoms with Crippen LogP contribution in [0.4, 0.5) is 5.69 Å². The Morgan fingerprint density at radius 3 is 2.57 bits per heavy atom. The van der Waals surface area contributed by atoms with Crippen LogP contribution in [0.15, 0.2) is 70.6 Å². The number of aromatic nitrogens is 1. The second-order valence-corrected chi connectivity index (χ2v) is 10.5. The summed E-state index contributed by atoms with van der Waals surface area (Å²) in [6.45, 7) is 4.29. The lowest BCUT2D eigenvalue weighted by Crippen LogP contribution is -2.17. The van der Waals surface area contributed by atoms with Gasteiger partial charge in [0.05, 0.1) is 28.8 Å². The van der Waals surface area contributed by atoms with Crippen LogP contribution < -0.4 is 14.3 Å². The topological polar surface area (TPSA) is 89.8 Å². The third-order valence-corrected chi connectivity index (χ3v) is 7.92. The van der Waals surface area contributed by atoms with Crippen molar-refractivity contribution < 1.29 is 17.9 Å². The number of methoxy groups -OCH3 is 1. The molecule has 35 heavy (non-hydrogen) atoms. The highest BCUT2D eigenvalue weighted by Gasteiger charge is 2.16. The van der Waals surface area contributed by atoms with Crippen molar-refractivity contribution >= 4 is 43.2 Å². The van der Waals surface area contributed by atoms with Crippen molar-refractivity contribution in [3.63, 3.8) is 0 Å². The van der Waals surface area contributed by atoms with Crippen LogP contribution in [0.1, 0.15) is 21.5 Å². The van der Waals surface area contributed by atoms with Crippen LogP contribution in [0, 0.1) is 26.2 Å². The van der Waals surface area contributed by atoms with Gasteiger partial charge in [-0.05, 0) is 73.5 Å². The van der Waals surface area contributed by atoms with Crippen LogP contribution in [0.25, 0.3) is 10.2 Å². The lowest BCUT2D eigenvalue weighted by Gasteiger charge is -2.09. The van der Waals surface area contributed by atoms with Crippen LogP contribution in [-0.2, 0) is 16.6 Å². The summed E-state index contributed by atoms with van der Waals surface area (Å²) in [5.41, 5.74) is 3.60. The molecule has 4 rings (SSSR count). The molecule has 0 bridgehead atoms. The molecule has 1 aromatic heterocycles. The Balaban J connectivity index is 1.68. The lowest BCUT2D eigenvalue weighted by atomic mass is 10.1. The fourth-order valence-corrected chi connectivity index (χ4v) is 5.81. The molecule has 0 spiro atoms. The molecule has 0 aliphatic carbocycles. The van der Waals surface area contributed by atoms with Crippen LogP contribution in [0.3, 0.4) is 0 Å². The number of nitrogens with zero attached hydrogens (tertiary/aromatic N) is 2. The summed E-state index contributed by atoms with van der Waals surface area (Å²) in [5, 5.41) is 0. The van der Waals surface area contributed by atoms with Gasteiger partial charge in [-0.25, -0.2) is 8.42 Å². The number of carbonyl (C=O) groups excluding carboxylic acids is 1. The molecule has 0 aliphatic rings. The van der Waals surface area contributed by atoms with Gasteiger partial charge in [-0.1, -0.05) is 29.4 Å². The molecule has 0 radical (unpaired) electrons. The summed E-state index contributed by atoms with van der Waals surface area (Å²) in [6.07, 6.45) is 5.58. The Kier molecular flexibility index (Phi) is 6.78. The van der Waals surface area contributed by atoms with Gasteiger partial charge in [-0.3, -0.25) is 9.52 Å². The summed E-state index contributed by atoms with van der Waals surface area (Å²) in [4.78, 5) is 17.9. The van der Waals surface area contributed by atoms with Gasteiger partial charge < -0.3 is 9.30 Å². The van der Waals surface area contributed by atoms with Crippen molar-refractivity contribution in [2.24, 2.45) is 4.99 Å². The van der Waals surface area contributed by atoms with Crippen molar-refractivity contribution in [2.45, 2.75) is 25.3 Å². The van der Waals surface area contributed by atoms with Crippen molar-refractivity contribution in [2.75, 3.05) is 11.8 Å². The number of nitrogens with one attached hydrogen (secondary N) is 1. The quantitative estimate of drug-likeness (QED) is 0.391. The fourth-order valence-electron chi connectivity index (χ4n) is 3.68. The first-order chi connectivity index (χ1) is 16.7. The van der Waals surface area contributed by atoms with Gasteiger partial charge in [0.1, 0.15) is 5.75 Å². The number of benzene rings is 3. The average Bonchev–Trinajstić information content (AvgIpc) is 3.16. The number of hydrogen-bond donors (Lipinski definition) is 1. The first-order valence-electron chi connectivity index (χ1n) is 10.6. The van der Waals surface area contributed by atoms with E-state index in [1.165, 1.54) is 36.6 Å². The zero-order valence-corrected chi connectivity index (χ0v) is 21.0. The monoisotopic (exact) mass is 505 g/mol. The molecule has 9 heteroatoms. The number of thiazole rings is 1. The van der Waals surface area contributed by atoms with E-state index in [4.69, 9.17) is 11.2 Å². The molecule has 1 N–H and O–H groups in total. The van der Waals surface area contributed by atoms with Gasteiger partial charge in [-0.2, -0.15) is 4.99 Å². The highest BCUT2D eigenvalue weighted by Crippen LogP contribution is 2.24. The molecule has 0 atom stereocenters. The predicted molar refractivity (Wildman–Crippen MR) is 138 cm³/mol. The molecule has 0 saturated carbocycles. The highest BCUT2D eigenvalue weighted by atomic mass is 32.2. The standard InChI is InChI=1S/C26H23N3O4S2/c1-5-13-29-23-15-17(2)14-18(3)24(23)34-26(29)27-25(30)19-7-6-8-20(16-19)28-35(31,32)22-11-9-21(33-4)10-12-22/h1,6-12,14-16,28H,13H2,2-4H3. The molecule has 0 aliphatic heterocycles. The molecule has 0 saturated heterocycles. The molecule has 7 nitrogen and oxygen atoms in total. The van der Waals surface area contributed by atoms with Gasteiger partial charge >= 0.3 is 0 Å². The van der Waals surface area contributed by atoms with E-state index in [1.807, 2.05) is 24.5 Å². The summed E-state index contributed by atoms with van der Waals surface area (Å²) in [5.74, 6) is 2.68. The summed E-state index contributed by atoms with van der Waals surface area (Å²) >= 11 is 1.39. The number of amides is 1. The number of rotatable bonds is 6. The van der Waals surface area contributed by atoms with E-state index < -0.39 is 15.9 Å². The SMILES string of the molecule is C#CCn1c(=NC(=O)c2cccc(NS(=O)(=O)c3ccc(OC)cc3)c2)sc2c(C)cc(C)cc21. The molecule has 1 amide bonds. The Morgan fingerprint density at radius 2 is 1.89 bits per heavy atom. The molecular formula is C26H23N3O4S2. The van der Waals surface area contributed by atoms with Gasteiger partial charge in [0.15, 0.2) is 4.80 Å². The number of ether oxygens (including phenoxy) is 1. The maximum absolute atomic E-state index is 13.0. The van der Waals surface area contributed by atoms with E-state index >= 15 is 0 Å². The number of terminal acetylenes is 1. The fraction of sp³-hybridized carbons (Fsp3) is 0.154. The Morgan fingerprint density at radius 1 is 1.14 bits per heavy atom. The third-order valence-electron chi connectivity index (χ3n) is 5.29. The average molecular weight is 506 g/mol. The van der Waals surface area contributed by atoms with E-state index in [9.17, 15) is 13.2 Å². The first kappa shape index (κ1) is 24.3. The van der Waals surface area contributed by atoms with E-state index in [0.717, 1.165) is 21.3 Å². The number of aryl methyl sites for hydroxylation is 2. The summed E-state index contributed by atoms with van der Waals surface area (Å²) in [7, 11) is -2.35. The van der Waals surface area contributed by atoms with E-state index in [1.54, 1.807) is 30.3 Å². The normalized spacial score (nSPS) is 11.9. The van der Waals surface area contributed by atoms with Crippen LogP contribution >= 0.6 is 11.3 Å². The maximum atomic E-state index is 13.0. The van der Waals surface area contributed by atoms with E-state index in [-0.39, 0.29) is 22.7 Å². The van der Waals surface area contributed by atoms with Gasteiger partial charge in [0.2, 0.25) is 0 Å². The summed E-state index contributed by atoms with van der Waals surface area (Å²) in [6, 6.07) is 16.3. The minimum absolute atomic E-state index is 0.0750. The molecule has 0 fully saturated rings. The second-order valence-electron chi connectivity index (χ2n) is 7.88. The number of sulfonamides is 1. The maximum Gasteiger partial charge on any atom is 0.279 e. The van der Waals surface area contributed by atoms with Crippen molar-refractivity contribution in [1.29, 1.82) is 0 Å².